The summed E-state index contributed by atoms with van der Waals surface area (Å²) >= 11 is 0. The summed E-state index contributed by atoms with van der Waals surface area (Å²) in [6, 6.07) is 4.40. The predicted octanol–water partition coefficient (Wildman–Crippen LogP) is 2.75. The van der Waals surface area contributed by atoms with Crippen molar-refractivity contribution in [3.63, 3.8) is 0 Å². The van der Waals surface area contributed by atoms with Crippen LogP contribution in [0.25, 0.3) is 0 Å². The molecular formula is C12H7F3N2O. The third-order valence-corrected chi connectivity index (χ3v) is 2.22. The van der Waals surface area contributed by atoms with Crippen molar-refractivity contribution in [1.82, 2.24) is 4.98 Å². The smallest absolute Gasteiger partial charge is 0.258 e. The molecule has 0 fully saturated rings. The molecule has 6 heteroatoms. The second kappa shape index (κ2) is 4.87. The van der Waals surface area contributed by atoms with Crippen molar-refractivity contribution in [2.75, 3.05) is 5.32 Å². The molecule has 1 aromatic heterocycles. The van der Waals surface area contributed by atoms with Gasteiger partial charge in [0.1, 0.15) is 0 Å². The summed E-state index contributed by atoms with van der Waals surface area (Å²) < 4.78 is 39.4. The van der Waals surface area contributed by atoms with E-state index in [1.165, 1.54) is 18.3 Å². The molecule has 92 valence electrons. The number of anilines is 1. The number of benzene rings is 1. The Balaban J connectivity index is 2.28. The Morgan fingerprint density at radius 3 is 2.61 bits per heavy atom. The van der Waals surface area contributed by atoms with Crippen LogP contribution in [0.1, 0.15) is 10.4 Å². The zero-order chi connectivity index (χ0) is 13.1. The number of nitrogens with one attached hydrogen (secondary N) is 1. The second-order valence-electron chi connectivity index (χ2n) is 3.41. The monoisotopic (exact) mass is 252 g/mol. The fourth-order valence-corrected chi connectivity index (χ4v) is 1.35. The number of aromatic nitrogens is 1. The van der Waals surface area contributed by atoms with Crippen LogP contribution in [-0.4, -0.2) is 10.9 Å². The molecule has 0 aliphatic rings. The number of halogens is 3. The largest absolute Gasteiger partial charge is 0.319 e. The van der Waals surface area contributed by atoms with Gasteiger partial charge < -0.3 is 5.32 Å². The van der Waals surface area contributed by atoms with Crippen molar-refractivity contribution >= 4 is 11.6 Å². The molecular weight excluding hydrogens is 245 g/mol. The standard InChI is InChI=1S/C12H7F3N2O/c13-8-3-1-2-7(11(8)15)12(18)17-10-4-5-16-6-9(10)14/h1-6H,(H,16,17,18). The number of carbonyl (C=O) groups excluding carboxylic acids is 1. The Morgan fingerprint density at radius 1 is 1.11 bits per heavy atom. The van der Waals surface area contributed by atoms with E-state index in [1.54, 1.807) is 0 Å². The quantitative estimate of drug-likeness (QED) is 0.892. The van der Waals surface area contributed by atoms with Crippen LogP contribution in [0.5, 0.6) is 0 Å². The van der Waals surface area contributed by atoms with Gasteiger partial charge in [-0.3, -0.25) is 9.78 Å². The molecule has 0 aliphatic carbocycles. The van der Waals surface area contributed by atoms with Crippen LogP contribution in [0.4, 0.5) is 18.9 Å². The summed E-state index contributed by atoms with van der Waals surface area (Å²) in [6.45, 7) is 0. The molecule has 0 aliphatic heterocycles. The molecule has 0 radical (unpaired) electrons. The molecule has 2 rings (SSSR count). The zero-order valence-electron chi connectivity index (χ0n) is 8.95. The van der Waals surface area contributed by atoms with Crippen LogP contribution in [0.3, 0.4) is 0 Å². The SMILES string of the molecule is O=C(Nc1ccncc1F)c1cccc(F)c1F. The third kappa shape index (κ3) is 2.32. The molecule has 0 saturated carbocycles. The van der Waals surface area contributed by atoms with Gasteiger partial charge in [0.05, 0.1) is 17.4 Å². The molecule has 1 aromatic carbocycles. The zero-order valence-corrected chi connectivity index (χ0v) is 8.95. The molecule has 0 atom stereocenters. The van der Waals surface area contributed by atoms with Crippen LogP contribution in [-0.2, 0) is 0 Å². The fourth-order valence-electron chi connectivity index (χ4n) is 1.35. The summed E-state index contributed by atoms with van der Waals surface area (Å²) in [6.07, 6.45) is 2.16. The van der Waals surface area contributed by atoms with Crippen molar-refractivity contribution in [3.05, 3.63) is 59.7 Å². The number of rotatable bonds is 2. The Morgan fingerprint density at radius 2 is 1.89 bits per heavy atom. The van der Waals surface area contributed by atoms with Crippen molar-refractivity contribution in [1.29, 1.82) is 0 Å². The van der Waals surface area contributed by atoms with Crippen molar-refractivity contribution in [3.8, 4) is 0 Å². The lowest BCUT2D eigenvalue weighted by atomic mass is 10.2. The van der Waals surface area contributed by atoms with Gasteiger partial charge in [-0.2, -0.15) is 0 Å². The number of hydrogen-bond acceptors (Lipinski definition) is 2. The highest BCUT2D eigenvalue weighted by Crippen LogP contribution is 2.16. The fraction of sp³-hybridized carbons (Fsp3) is 0. The van der Waals surface area contributed by atoms with Gasteiger partial charge in [0.2, 0.25) is 0 Å². The predicted molar refractivity (Wildman–Crippen MR) is 58.5 cm³/mol. The normalized spacial score (nSPS) is 10.2. The van der Waals surface area contributed by atoms with Crippen molar-refractivity contribution in [2.45, 2.75) is 0 Å². The van der Waals surface area contributed by atoms with E-state index in [0.29, 0.717) is 0 Å². The number of amides is 1. The lowest BCUT2D eigenvalue weighted by Gasteiger charge is -2.06. The van der Waals surface area contributed by atoms with Crippen molar-refractivity contribution < 1.29 is 18.0 Å². The minimum atomic E-state index is -1.27. The van der Waals surface area contributed by atoms with Gasteiger partial charge >= 0.3 is 0 Å². The number of nitrogens with zero attached hydrogens (tertiary/aromatic N) is 1. The van der Waals surface area contributed by atoms with Gasteiger partial charge in [0.25, 0.3) is 5.91 Å². The first kappa shape index (κ1) is 12.1. The average molecular weight is 252 g/mol. The number of hydrogen-bond donors (Lipinski definition) is 1. The Kier molecular flexibility index (Phi) is 3.27. The summed E-state index contributed by atoms with van der Waals surface area (Å²) in [5.74, 6) is -4.11. The first-order valence-corrected chi connectivity index (χ1v) is 4.94. The Hall–Kier alpha value is -2.37. The second-order valence-corrected chi connectivity index (χ2v) is 3.41. The van der Waals surface area contributed by atoms with Crippen LogP contribution >= 0.6 is 0 Å². The highest BCUT2D eigenvalue weighted by atomic mass is 19.2. The van der Waals surface area contributed by atoms with Crippen LogP contribution < -0.4 is 5.32 Å². The van der Waals surface area contributed by atoms with E-state index >= 15 is 0 Å². The molecule has 0 unspecified atom stereocenters. The lowest BCUT2D eigenvalue weighted by molar-refractivity contribution is 0.102. The van der Waals surface area contributed by atoms with Crippen molar-refractivity contribution in [2.24, 2.45) is 0 Å². The molecule has 18 heavy (non-hydrogen) atoms. The van der Waals surface area contributed by atoms with Crippen LogP contribution in [0, 0.1) is 17.5 Å². The summed E-state index contributed by atoms with van der Waals surface area (Å²) in [4.78, 5) is 15.1. The molecule has 0 spiro atoms. The summed E-state index contributed by atoms with van der Waals surface area (Å²) in [5, 5.41) is 2.13. The van der Waals surface area contributed by atoms with Gasteiger partial charge in [-0.15, -0.1) is 0 Å². The van der Waals surface area contributed by atoms with Gasteiger partial charge in [-0.05, 0) is 18.2 Å². The third-order valence-electron chi connectivity index (χ3n) is 2.22. The highest BCUT2D eigenvalue weighted by Gasteiger charge is 2.16. The minimum Gasteiger partial charge on any atom is -0.319 e. The lowest BCUT2D eigenvalue weighted by Crippen LogP contribution is -2.15. The highest BCUT2D eigenvalue weighted by molar-refractivity contribution is 6.04. The molecule has 1 N–H and O–H groups in total. The van der Waals surface area contributed by atoms with E-state index in [4.69, 9.17) is 0 Å². The van der Waals surface area contributed by atoms with Crippen LogP contribution in [0.2, 0.25) is 0 Å². The number of pyridine rings is 1. The molecule has 3 nitrogen and oxygen atoms in total. The van der Waals surface area contributed by atoms with E-state index in [0.717, 1.165) is 18.3 Å². The molecule has 1 amide bonds. The average Bonchev–Trinajstić information content (AvgIpc) is 2.35. The van der Waals surface area contributed by atoms with Gasteiger partial charge in [-0.25, -0.2) is 13.2 Å². The van der Waals surface area contributed by atoms with Crippen LogP contribution in [0.15, 0.2) is 36.7 Å². The maximum atomic E-state index is 13.3. The molecule has 0 bridgehead atoms. The summed E-state index contributed by atoms with van der Waals surface area (Å²) in [7, 11) is 0. The maximum absolute atomic E-state index is 13.3. The summed E-state index contributed by atoms with van der Waals surface area (Å²) in [5.41, 5.74) is -0.648. The Labute approximate surface area is 100 Å². The van der Waals surface area contributed by atoms with E-state index in [1.807, 2.05) is 0 Å². The first-order chi connectivity index (χ1) is 8.59. The minimum absolute atomic E-state index is 0.154. The molecule has 1 heterocycles. The Bertz CT molecular complexity index is 602. The van der Waals surface area contributed by atoms with E-state index in [2.05, 4.69) is 10.3 Å². The van der Waals surface area contributed by atoms with E-state index < -0.39 is 28.9 Å². The van der Waals surface area contributed by atoms with E-state index in [9.17, 15) is 18.0 Å². The van der Waals surface area contributed by atoms with Gasteiger partial charge in [0.15, 0.2) is 17.5 Å². The van der Waals surface area contributed by atoms with Gasteiger partial charge in [-0.1, -0.05) is 6.07 Å². The topological polar surface area (TPSA) is 42.0 Å². The van der Waals surface area contributed by atoms with E-state index in [-0.39, 0.29) is 5.69 Å². The first-order valence-electron chi connectivity index (χ1n) is 4.94. The molecule has 2 aromatic rings. The van der Waals surface area contributed by atoms with Gasteiger partial charge in [0, 0.05) is 6.20 Å². The molecule has 0 saturated heterocycles. The maximum Gasteiger partial charge on any atom is 0.258 e. The number of carbonyl (C=O) groups is 1.